The van der Waals surface area contributed by atoms with E-state index < -0.39 is 11.5 Å². The SMILES string of the molecule is CC1CC(c2nnnn2C2(C(=O)O)CCC2)CO1. The van der Waals surface area contributed by atoms with Crippen molar-refractivity contribution in [1.82, 2.24) is 20.2 Å². The van der Waals surface area contributed by atoms with Gasteiger partial charge in [-0.2, -0.15) is 0 Å². The van der Waals surface area contributed by atoms with Crippen molar-refractivity contribution in [3.63, 3.8) is 0 Å². The van der Waals surface area contributed by atoms with Gasteiger partial charge in [-0.1, -0.05) is 0 Å². The number of aliphatic carboxylic acids is 1. The summed E-state index contributed by atoms with van der Waals surface area (Å²) in [5.74, 6) is -0.0810. The predicted molar refractivity (Wildman–Crippen MR) is 60.0 cm³/mol. The molecule has 0 amide bonds. The molecule has 18 heavy (non-hydrogen) atoms. The summed E-state index contributed by atoms with van der Waals surface area (Å²) in [6, 6.07) is 0. The van der Waals surface area contributed by atoms with Gasteiger partial charge in [-0.3, -0.25) is 0 Å². The highest BCUT2D eigenvalue weighted by atomic mass is 16.5. The lowest BCUT2D eigenvalue weighted by Gasteiger charge is -2.38. The Bertz CT molecular complexity index is 469. The van der Waals surface area contributed by atoms with Gasteiger partial charge in [0.05, 0.1) is 12.7 Å². The Labute approximate surface area is 104 Å². The van der Waals surface area contributed by atoms with Crippen molar-refractivity contribution in [2.24, 2.45) is 0 Å². The van der Waals surface area contributed by atoms with Gasteiger partial charge in [0.25, 0.3) is 0 Å². The standard InChI is InChI=1S/C11H16N4O3/c1-7-5-8(6-18-7)9-12-13-14-15(9)11(10(16)17)3-2-4-11/h7-8H,2-6H2,1H3,(H,16,17). The molecule has 1 saturated carbocycles. The highest BCUT2D eigenvalue weighted by Gasteiger charge is 2.50. The molecule has 0 radical (unpaired) electrons. The summed E-state index contributed by atoms with van der Waals surface area (Å²) in [6.45, 7) is 2.57. The summed E-state index contributed by atoms with van der Waals surface area (Å²) in [5.41, 5.74) is -0.926. The maximum absolute atomic E-state index is 11.5. The second kappa shape index (κ2) is 4.01. The lowest BCUT2D eigenvalue weighted by Crippen LogP contribution is -2.49. The van der Waals surface area contributed by atoms with Crippen LogP contribution in [0, 0.1) is 0 Å². The van der Waals surface area contributed by atoms with Crippen LogP contribution in [0.3, 0.4) is 0 Å². The summed E-state index contributed by atoms with van der Waals surface area (Å²) in [6.07, 6.45) is 3.13. The van der Waals surface area contributed by atoms with Gasteiger partial charge in [-0.05, 0) is 43.0 Å². The van der Waals surface area contributed by atoms with Crippen molar-refractivity contribution in [3.05, 3.63) is 5.82 Å². The van der Waals surface area contributed by atoms with Gasteiger partial charge >= 0.3 is 5.97 Å². The van der Waals surface area contributed by atoms with E-state index in [0.29, 0.717) is 25.3 Å². The molecule has 1 aliphatic carbocycles. The van der Waals surface area contributed by atoms with Crippen molar-refractivity contribution in [2.45, 2.75) is 50.2 Å². The predicted octanol–water partition coefficient (Wildman–Crippen LogP) is 0.529. The van der Waals surface area contributed by atoms with E-state index in [-0.39, 0.29) is 12.0 Å². The summed E-state index contributed by atoms with van der Waals surface area (Å²) >= 11 is 0. The third-order valence-electron chi connectivity index (χ3n) is 4.04. The Morgan fingerprint density at radius 1 is 1.56 bits per heavy atom. The van der Waals surface area contributed by atoms with Gasteiger partial charge < -0.3 is 9.84 Å². The van der Waals surface area contributed by atoms with Crippen molar-refractivity contribution in [3.8, 4) is 0 Å². The van der Waals surface area contributed by atoms with E-state index >= 15 is 0 Å². The fraction of sp³-hybridized carbons (Fsp3) is 0.818. The van der Waals surface area contributed by atoms with Crippen LogP contribution < -0.4 is 0 Å². The minimum Gasteiger partial charge on any atom is -0.479 e. The molecule has 2 fully saturated rings. The average Bonchev–Trinajstić information content (AvgIpc) is 2.84. The van der Waals surface area contributed by atoms with Crippen LogP contribution in [0.1, 0.15) is 44.3 Å². The maximum atomic E-state index is 11.5. The third kappa shape index (κ3) is 1.53. The number of carboxylic acid groups (broad SMARTS) is 1. The Morgan fingerprint density at radius 2 is 2.33 bits per heavy atom. The number of nitrogens with zero attached hydrogens (tertiary/aromatic N) is 4. The number of ether oxygens (including phenoxy) is 1. The zero-order valence-electron chi connectivity index (χ0n) is 10.2. The molecule has 1 saturated heterocycles. The smallest absolute Gasteiger partial charge is 0.331 e. The van der Waals surface area contributed by atoms with E-state index in [1.807, 2.05) is 6.92 Å². The molecule has 1 aromatic rings. The van der Waals surface area contributed by atoms with E-state index in [1.54, 1.807) is 0 Å². The highest BCUT2D eigenvalue weighted by molar-refractivity contribution is 5.77. The zero-order valence-corrected chi connectivity index (χ0v) is 10.2. The third-order valence-corrected chi connectivity index (χ3v) is 4.04. The summed E-state index contributed by atoms with van der Waals surface area (Å²) < 4.78 is 7.03. The molecule has 2 atom stereocenters. The Balaban J connectivity index is 1.94. The zero-order chi connectivity index (χ0) is 12.8. The van der Waals surface area contributed by atoms with Gasteiger partial charge in [0.15, 0.2) is 11.4 Å². The first kappa shape index (κ1) is 11.6. The molecule has 0 aromatic carbocycles. The normalized spacial score (nSPS) is 30.1. The quantitative estimate of drug-likeness (QED) is 0.843. The number of hydrogen-bond acceptors (Lipinski definition) is 5. The molecule has 1 aromatic heterocycles. The van der Waals surface area contributed by atoms with Crippen molar-refractivity contribution in [1.29, 1.82) is 0 Å². The molecule has 1 N–H and O–H groups in total. The van der Waals surface area contributed by atoms with Crippen molar-refractivity contribution >= 4 is 5.97 Å². The Morgan fingerprint density at radius 3 is 2.83 bits per heavy atom. The Hall–Kier alpha value is -1.50. The maximum Gasteiger partial charge on any atom is 0.331 e. The second-order valence-corrected chi connectivity index (χ2v) is 5.22. The monoisotopic (exact) mass is 252 g/mol. The molecule has 0 bridgehead atoms. The second-order valence-electron chi connectivity index (χ2n) is 5.22. The van der Waals surface area contributed by atoms with Crippen LogP contribution in [-0.2, 0) is 15.1 Å². The van der Waals surface area contributed by atoms with E-state index in [4.69, 9.17) is 4.74 Å². The minimum atomic E-state index is -0.926. The van der Waals surface area contributed by atoms with Gasteiger partial charge in [0.2, 0.25) is 0 Å². The molecule has 3 rings (SSSR count). The Kier molecular flexibility index (Phi) is 2.58. The van der Waals surface area contributed by atoms with Crippen LogP contribution >= 0.6 is 0 Å². The van der Waals surface area contributed by atoms with Crippen LogP contribution in [0.2, 0.25) is 0 Å². The van der Waals surface area contributed by atoms with Crippen molar-refractivity contribution < 1.29 is 14.6 Å². The summed E-state index contributed by atoms with van der Waals surface area (Å²) in [7, 11) is 0. The van der Waals surface area contributed by atoms with Crippen LogP contribution in [0.4, 0.5) is 0 Å². The van der Waals surface area contributed by atoms with E-state index in [1.165, 1.54) is 4.68 Å². The molecule has 2 unspecified atom stereocenters. The first-order valence-corrected chi connectivity index (χ1v) is 6.27. The molecule has 7 nitrogen and oxygen atoms in total. The largest absolute Gasteiger partial charge is 0.479 e. The van der Waals surface area contributed by atoms with Gasteiger partial charge in [0, 0.05) is 5.92 Å². The van der Waals surface area contributed by atoms with Crippen LogP contribution in [0.25, 0.3) is 0 Å². The minimum absolute atomic E-state index is 0.104. The molecule has 2 aliphatic rings. The molecular formula is C11H16N4O3. The van der Waals surface area contributed by atoms with E-state index in [0.717, 1.165) is 12.8 Å². The fourth-order valence-electron chi connectivity index (χ4n) is 2.78. The number of rotatable bonds is 3. The summed E-state index contributed by atoms with van der Waals surface area (Å²) in [4.78, 5) is 11.5. The fourth-order valence-corrected chi connectivity index (χ4v) is 2.78. The first-order chi connectivity index (χ1) is 8.63. The number of carbonyl (C=O) groups is 1. The molecule has 98 valence electrons. The first-order valence-electron chi connectivity index (χ1n) is 6.27. The molecule has 7 heteroatoms. The molecule has 1 aliphatic heterocycles. The van der Waals surface area contributed by atoms with Crippen LogP contribution in [-0.4, -0.2) is 44.0 Å². The average molecular weight is 252 g/mol. The van der Waals surface area contributed by atoms with Crippen LogP contribution in [0.5, 0.6) is 0 Å². The molecular weight excluding hydrogens is 236 g/mol. The lowest BCUT2D eigenvalue weighted by atomic mass is 9.76. The topological polar surface area (TPSA) is 90.1 Å². The number of hydrogen-bond donors (Lipinski definition) is 1. The van der Waals surface area contributed by atoms with Gasteiger partial charge in [0.1, 0.15) is 0 Å². The van der Waals surface area contributed by atoms with Gasteiger partial charge in [-0.15, -0.1) is 5.10 Å². The number of carboxylic acids is 1. The number of tetrazole rings is 1. The van der Waals surface area contributed by atoms with Gasteiger partial charge in [-0.25, -0.2) is 9.48 Å². The highest BCUT2D eigenvalue weighted by Crippen LogP contribution is 2.41. The van der Waals surface area contributed by atoms with Crippen molar-refractivity contribution in [2.75, 3.05) is 6.61 Å². The van der Waals surface area contributed by atoms with Crippen LogP contribution in [0.15, 0.2) is 0 Å². The van der Waals surface area contributed by atoms with E-state index in [9.17, 15) is 9.90 Å². The van der Waals surface area contributed by atoms with E-state index in [2.05, 4.69) is 15.5 Å². The molecule has 0 spiro atoms. The number of aromatic nitrogens is 4. The molecule has 2 heterocycles. The summed E-state index contributed by atoms with van der Waals surface area (Å²) in [5, 5.41) is 21.0. The lowest BCUT2D eigenvalue weighted by molar-refractivity contribution is -0.153.